The molecule has 28 heavy (non-hydrogen) atoms. The number of hydrogen-bond acceptors (Lipinski definition) is 6. The molecule has 150 valence electrons. The van der Waals surface area contributed by atoms with Crippen molar-refractivity contribution in [1.82, 2.24) is 10.2 Å². The summed E-state index contributed by atoms with van der Waals surface area (Å²) < 4.78 is 5.54. The lowest BCUT2D eigenvalue weighted by Gasteiger charge is -2.28. The first-order valence-electron chi connectivity index (χ1n) is 9.64. The number of hydrogen-bond donors (Lipinski definition) is 2. The van der Waals surface area contributed by atoms with Gasteiger partial charge in [0, 0.05) is 24.2 Å². The summed E-state index contributed by atoms with van der Waals surface area (Å²) in [5, 5.41) is 17.4. The Labute approximate surface area is 164 Å². The number of nitrogens with zero attached hydrogens (tertiary/aromatic N) is 2. The van der Waals surface area contributed by atoms with Crippen LogP contribution in [0.1, 0.15) is 48.8 Å². The minimum absolute atomic E-state index is 0.0779. The van der Waals surface area contributed by atoms with Gasteiger partial charge in [-0.05, 0) is 50.2 Å². The molecule has 1 fully saturated rings. The molecular weight excluding hydrogens is 360 g/mol. The van der Waals surface area contributed by atoms with Crippen molar-refractivity contribution in [2.24, 2.45) is 0 Å². The highest BCUT2D eigenvalue weighted by Gasteiger charge is 2.26. The van der Waals surface area contributed by atoms with E-state index in [1.165, 1.54) is 6.07 Å². The molecule has 2 N–H and O–H groups in total. The molecule has 0 spiro atoms. The minimum atomic E-state index is -0.455. The highest BCUT2D eigenvalue weighted by atomic mass is 16.6. The monoisotopic (exact) mass is 386 g/mol. The van der Waals surface area contributed by atoms with Crippen LogP contribution in [-0.2, 0) is 0 Å². The Bertz CT molecular complexity index is 814. The second-order valence-electron chi connectivity index (χ2n) is 6.87. The molecule has 1 aromatic heterocycles. The van der Waals surface area contributed by atoms with Crippen LogP contribution in [0, 0.1) is 10.1 Å². The summed E-state index contributed by atoms with van der Waals surface area (Å²) in [7, 11) is 0. The van der Waals surface area contributed by atoms with Crippen molar-refractivity contribution >= 4 is 17.3 Å². The maximum Gasteiger partial charge on any atom is 0.293 e. The van der Waals surface area contributed by atoms with E-state index in [1.807, 2.05) is 12.1 Å². The van der Waals surface area contributed by atoms with Crippen LogP contribution >= 0.6 is 0 Å². The summed E-state index contributed by atoms with van der Waals surface area (Å²) in [6.07, 6.45) is 3.64. The molecule has 1 amide bonds. The van der Waals surface area contributed by atoms with Gasteiger partial charge in [-0.3, -0.25) is 19.8 Å². The first-order chi connectivity index (χ1) is 13.5. The van der Waals surface area contributed by atoms with Gasteiger partial charge in [0.1, 0.15) is 11.4 Å². The van der Waals surface area contributed by atoms with E-state index in [0.29, 0.717) is 18.3 Å². The number of nitrogens with one attached hydrogen (secondary N) is 2. The normalized spacial score (nSPS) is 14.7. The third-order valence-corrected chi connectivity index (χ3v) is 4.97. The van der Waals surface area contributed by atoms with Crippen molar-refractivity contribution in [1.29, 1.82) is 0 Å². The van der Waals surface area contributed by atoms with Gasteiger partial charge in [0.2, 0.25) is 0 Å². The molecule has 0 bridgehead atoms. The number of rotatable bonds is 10. The van der Waals surface area contributed by atoms with Gasteiger partial charge in [-0.2, -0.15) is 0 Å². The lowest BCUT2D eigenvalue weighted by Crippen LogP contribution is -2.37. The second-order valence-corrected chi connectivity index (χ2v) is 6.87. The summed E-state index contributed by atoms with van der Waals surface area (Å²) in [4.78, 5) is 25.8. The molecule has 1 unspecified atom stereocenters. The SMILES string of the molecule is CCN(CC)C(CNC(=O)c1ccc(NC2CC2)c([N+](=O)[O-])c1)c1ccco1. The van der Waals surface area contributed by atoms with Crippen LogP contribution in [0.5, 0.6) is 0 Å². The van der Waals surface area contributed by atoms with E-state index >= 15 is 0 Å². The highest BCUT2D eigenvalue weighted by molar-refractivity contribution is 5.95. The van der Waals surface area contributed by atoms with E-state index in [2.05, 4.69) is 29.4 Å². The van der Waals surface area contributed by atoms with Crippen molar-refractivity contribution in [2.75, 3.05) is 25.0 Å². The molecule has 1 atom stereocenters. The van der Waals surface area contributed by atoms with E-state index < -0.39 is 4.92 Å². The number of nitro groups is 1. The zero-order valence-corrected chi connectivity index (χ0v) is 16.2. The van der Waals surface area contributed by atoms with Crippen molar-refractivity contribution < 1.29 is 14.1 Å². The van der Waals surface area contributed by atoms with Gasteiger partial charge in [0.15, 0.2) is 0 Å². The van der Waals surface area contributed by atoms with Crippen LogP contribution in [0.4, 0.5) is 11.4 Å². The average molecular weight is 386 g/mol. The third-order valence-electron chi connectivity index (χ3n) is 4.97. The zero-order valence-electron chi connectivity index (χ0n) is 16.2. The molecule has 0 aliphatic heterocycles. The molecule has 0 saturated heterocycles. The molecule has 1 saturated carbocycles. The number of nitro benzene ring substituents is 1. The fourth-order valence-corrected chi connectivity index (χ4v) is 3.24. The quantitative estimate of drug-likeness (QED) is 0.478. The van der Waals surface area contributed by atoms with E-state index in [0.717, 1.165) is 31.7 Å². The second kappa shape index (κ2) is 8.88. The smallest absolute Gasteiger partial charge is 0.293 e. The number of carbonyl (C=O) groups excluding carboxylic acids is 1. The fraction of sp³-hybridized carbons (Fsp3) is 0.450. The molecule has 1 aliphatic carbocycles. The van der Waals surface area contributed by atoms with E-state index in [4.69, 9.17) is 4.42 Å². The number of benzene rings is 1. The van der Waals surface area contributed by atoms with Crippen LogP contribution in [0.25, 0.3) is 0 Å². The number of amides is 1. The summed E-state index contributed by atoms with van der Waals surface area (Å²) in [6, 6.07) is 8.47. The topological polar surface area (TPSA) is 101 Å². The lowest BCUT2D eigenvalue weighted by atomic mass is 10.1. The molecule has 1 aromatic carbocycles. The van der Waals surface area contributed by atoms with Crippen LogP contribution < -0.4 is 10.6 Å². The van der Waals surface area contributed by atoms with E-state index in [9.17, 15) is 14.9 Å². The van der Waals surface area contributed by atoms with Crippen LogP contribution in [0.2, 0.25) is 0 Å². The molecule has 1 heterocycles. The Hall–Kier alpha value is -2.87. The van der Waals surface area contributed by atoms with Crippen LogP contribution in [0.15, 0.2) is 41.0 Å². The molecule has 1 aliphatic rings. The third kappa shape index (κ3) is 4.69. The van der Waals surface area contributed by atoms with Crippen LogP contribution in [-0.4, -0.2) is 41.4 Å². The van der Waals surface area contributed by atoms with Gasteiger partial charge < -0.3 is 15.1 Å². The van der Waals surface area contributed by atoms with Crippen molar-refractivity contribution in [3.8, 4) is 0 Å². The Morgan fingerprint density at radius 1 is 1.32 bits per heavy atom. The molecular formula is C20H26N4O4. The zero-order chi connectivity index (χ0) is 20.1. The average Bonchev–Trinajstić information content (AvgIpc) is 3.34. The Kier molecular flexibility index (Phi) is 6.30. The molecule has 0 radical (unpaired) electrons. The fourth-order valence-electron chi connectivity index (χ4n) is 3.24. The Morgan fingerprint density at radius 3 is 2.64 bits per heavy atom. The first kappa shape index (κ1) is 19.9. The van der Waals surface area contributed by atoms with Gasteiger partial charge in [-0.25, -0.2) is 0 Å². The number of anilines is 1. The van der Waals surface area contributed by atoms with Crippen molar-refractivity contribution in [2.45, 2.75) is 38.8 Å². The summed E-state index contributed by atoms with van der Waals surface area (Å²) >= 11 is 0. The molecule has 3 rings (SSSR count). The van der Waals surface area contributed by atoms with Gasteiger partial charge in [-0.15, -0.1) is 0 Å². The number of furan rings is 1. The predicted molar refractivity (Wildman–Crippen MR) is 106 cm³/mol. The minimum Gasteiger partial charge on any atom is -0.468 e. The largest absolute Gasteiger partial charge is 0.468 e. The van der Waals surface area contributed by atoms with Crippen molar-refractivity contribution in [3.05, 3.63) is 58.0 Å². The summed E-state index contributed by atoms with van der Waals surface area (Å²) in [5.74, 6) is 0.434. The van der Waals surface area contributed by atoms with E-state index in [1.54, 1.807) is 18.4 Å². The van der Waals surface area contributed by atoms with Crippen molar-refractivity contribution in [3.63, 3.8) is 0 Å². The molecule has 8 nitrogen and oxygen atoms in total. The summed E-state index contributed by atoms with van der Waals surface area (Å²) in [5.41, 5.74) is 0.650. The van der Waals surface area contributed by atoms with Gasteiger partial charge >= 0.3 is 0 Å². The van der Waals surface area contributed by atoms with Crippen LogP contribution in [0.3, 0.4) is 0 Å². The maximum atomic E-state index is 12.6. The highest BCUT2D eigenvalue weighted by Crippen LogP contribution is 2.31. The predicted octanol–water partition coefficient (Wildman–Crippen LogP) is 3.58. The number of carbonyl (C=O) groups is 1. The van der Waals surface area contributed by atoms with E-state index in [-0.39, 0.29) is 23.2 Å². The Balaban J connectivity index is 1.72. The molecule has 2 aromatic rings. The standard InChI is InChI=1S/C20H26N4O4/c1-3-23(4-2)18(19-6-5-11-28-19)13-21-20(25)14-7-10-16(22-15-8-9-15)17(12-14)24(26)27/h5-7,10-12,15,18,22H,3-4,8-9,13H2,1-2H3,(H,21,25). The molecule has 8 heteroatoms. The first-order valence-corrected chi connectivity index (χ1v) is 9.64. The summed E-state index contributed by atoms with van der Waals surface area (Å²) in [6.45, 7) is 6.08. The number of likely N-dealkylation sites (N-methyl/N-ethyl adjacent to an activating group) is 1. The van der Waals surface area contributed by atoms with Gasteiger partial charge in [0.25, 0.3) is 11.6 Å². The maximum absolute atomic E-state index is 12.6. The van der Waals surface area contributed by atoms with Gasteiger partial charge in [0.05, 0.1) is 17.2 Å². The lowest BCUT2D eigenvalue weighted by molar-refractivity contribution is -0.384. The van der Waals surface area contributed by atoms with Gasteiger partial charge in [-0.1, -0.05) is 13.8 Å². The Morgan fingerprint density at radius 2 is 2.07 bits per heavy atom.